The monoisotopic (exact) mass is 339 g/mol. The number of nitrogens with one attached hydrogen (secondary N) is 1. The van der Waals surface area contributed by atoms with Gasteiger partial charge in [-0.05, 0) is 54.4 Å². The van der Waals surface area contributed by atoms with Crippen molar-refractivity contribution in [2.24, 2.45) is 0 Å². The number of methoxy groups -OCH3 is 1. The molecule has 0 atom stereocenters. The van der Waals surface area contributed by atoms with Gasteiger partial charge in [0.05, 0.1) is 12.6 Å². The second-order valence-electron chi connectivity index (χ2n) is 6.52. The van der Waals surface area contributed by atoms with Crippen LogP contribution in [0, 0.1) is 0 Å². The van der Waals surface area contributed by atoms with Crippen LogP contribution in [-0.2, 0) is 23.1 Å². The number of aryl methyl sites for hydroxylation is 2. The van der Waals surface area contributed by atoms with Gasteiger partial charge in [-0.1, -0.05) is 48.5 Å². The summed E-state index contributed by atoms with van der Waals surface area (Å²) in [5.41, 5.74) is 4.12. The maximum atomic E-state index is 12.3. The molecule has 0 aliphatic heterocycles. The molecule has 0 aromatic heterocycles. The summed E-state index contributed by atoms with van der Waals surface area (Å²) < 4.78 is 4.96. The summed E-state index contributed by atoms with van der Waals surface area (Å²) in [5.74, 6) is 0. The van der Waals surface area contributed by atoms with E-state index in [1.165, 1.54) is 18.2 Å². The molecule has 0 fully saturated rings. The highest BCUT2D eigenvalue weighted by Crippen LogP contribution is 2.41. The van der Waals surface area contributed by atoms with Crippen LogP contribution >= 0.6 is 0 Å². The van der Waals surface area contributed by atoms with Crippen LogP contribution in [-0.4, -0.2) is 24.9 Å². The highest BCUT2D eigenvalue weighted by Gasteiger charge is 2.40. The summed E-state index contributed by atoms with van der Waals surface area (Å²) in [5, 5.41) is 12.4. The normalized spacial score (nSPS) is 14.8. The predicted octanol–water partition coefficient (Wildman–Crippen LogP) is 3.55. The van der Waals surface area contributed by atoms with E-state index < -0.39 is 11.6 Å². The number of fused-ring (bicyclic) bond motifs is 2. The molecule has 132 valence electrons. The molecule has 25 heavy (non-hydrogen) atoms. The largest absolute Gasteiger partial charge is 0.453 e. The molecule has 1 aliphatic rings. The van der Waals surface area contributed by atoms with Gasteiger partial charge in [0.25, 0.3) is 0 Å². The number of hydrogen-bond donors (Lipinski definition) is 2. The molecule has 2 aromatic carbocycles. The lowest BCUT2D eigenvalue weighted by Gasteiger charge is -2.37. The number of amides is 1. The minimum Gasteiger partial charge on any atom is -0.453 e. The van der Waals surface area contributed by atoms with Gasteiger partial charge in [-0.3, -0.25) is 0 Å². The van der Waals surface area contributed by atoms with Crippen LogP contribution in [0.3, 0.4) is 0 Å². The molecule has 2 N–H and O–H groups in total. The van der Waals surface area contributed by atoms with E-state index in [1.54, 1.807) is 0 Å². The topological polar surface area (TPSA) is 58.6 Å². The number of aliphatic hydroxyl groups excluding tert-OH is 1. The fourth-order valence-corrected chi connectivity index (χ4v) is 3.92. The Labute approximate surface area is 148 Å². The van der Waals surface area contributed by atoms with Crippen molar-refractivity contribution >= 4 is 6.09 Å². The Morgan fingerprint density at radius 1 is 1.04 bits per heavy atom. The Bertz CT molecular complexity index is 694. The second-order valence-corrected chi connectivity index (χ2v) is 6.52. The molecule has 0 radical (unpaired) electrons. The van der Waals surface area contributed by atoms with Crippen LogP contribution in [0.2, 0.25) is 0 Å². The lowest BCUT2D eigenvalue weighted by molar-refractivity contribution is 0.157. The Balaban J connectivity index is 2.19. The van der Waals surface area contributed by atoms with E-state index in [1.807, 2.05) is 24.3 Å². The van der Waals surface area contributed by atoms with E-state index in [4.69, 9.17) is 4.74 Å². The molecule has 1 amide bonds. The maximum absolute atomic E-state index is 12.3. The fraction of sp³-hybridized carbons (Fsp3) is 0.381. The van der Waals surface area contributed by atoms with Gasteiger partial charge in [-0.25, -0.2) is 4.79 Å². The summed E-state index contributed by atoms with van der Waals surface area (Å²) >= 11 is 0. The zero-order chi connectivity index (χ0) is 17.7. The van der Waals surface area contributed by atoms with Gasteiger partial charge in [0.2, 0.25) is 0 Å². The van der Waals surface area contributed by atoms with E-state index >= 15 is 0 Å². The first-order chi connectivity index (χ1) is 12.2. The van der Waals surface area contributed by atoms with E-state index in [-0.39, 0.29) is 6.61 Å². The Kier molecular flexibility index (Phi) is 5.39. The van der Waals surface area contributed by atoms with Gasteiger partial charge < -0.3 is 15.2 Å². The minimum atomic E-state index is -0.633. The molecule has 0 heterocycles. The standard InChI is InChI=1S/C21H25NO3/c1-25-20(24)22-21(14-6-7-15-23)18-10-4-2-8-16(18)12-13-17-9-3-5-11-19(17)21/h2-5,8-11,23H,6-7,12-15H2,1H3,(H,22,24). The van der Waals surface area contributed by atoms with Gasteiger partial charge in [-0.15, -0.1) is 0 Å². The average Bonchev–Trinajstić information content (AvgIpc) is 2.78. The molecule has 0 saturated carbocycles. The van der Waals surface area contributed by atoms with Gasteiger partial charge >= 0.3 is 6.09 Å². The van der Waals surface area contributed by atoms with Crippen molar-refractivity contribution in [3.05, 3.63) is 70.8 Å². The number of carbonyl (C=O) groups excluding carboxylic acids is 1. The number of carbonyl (C=O) groups is 1. The van der Waals surface area contributed by atoms with Gasteiger partial charge in [0.15, 0.2) is 0 Å². The summed E-state index contributed by atoms with van der Waals surface area (Å²) in [4.78, 5) is 12.3. The predicted molar refractivity (Wildman–Crippen MR) is 97.5 cm³/mol. The molecule has 0 bridgehead atoms. The third-order valence-electron chi connectivity index (χ3n) is 5.08. The van der Waals surface area contributed by atoms with Crippen molar-refractivity contribution in [3.63, 3.8) is 0 Å². The SMILES string of the molecule is COC(=O)NC1(CCCCO)c2ccccc2CCc2ccccc21. The molecular weight excluding hydrogens is 314 g/mol. The van der Waals surface area contributed by atoms with Crippen molar-refractivity contribution in [1.82, 2.24) is 5.32 Å². The van der Waals surface area contributed by atoms with Crippen LogP contribution < -0.4 is 5.32 Å². The highest BCUT2D eigenvalue weighted by atomic mass is 16.5. The fourth-order valence-electron chi connectivity index (χ4n) is 3.92. The highest BCUT2D eigenvalue weighted by molar-refractivity contribution is 5.70. The lowest BCUT2D eigenvalue weighted by Crippen LogP contribution is -2.47. The van der Waals surface area contributed by atoms with Crippen LogP contribution in [0.4, 0.5) is 4.79 Å². The number of rotatable bonds is 5. The maximum Gasteiger partial charge on any atom is 0.407 e. The lowest BCUT2D eigenvalue weighted by atomic mass is 9.76. The van der Waals surface area contributed by atoms with Crippen LogP contribution in [0.5, 0.6) is 0 Å². The summed E-state index contributed by atoms with van der Waals surface area (Å²) in [6, 6.07) is 16.6. The van der Waals surface area contributed by atoms with E-state index in [0.717, 1.165) is 36.8 Å². The molecule has 0 saturated heterocycles. The molecular formula is C21H25NO3. The number of benzene rings is 2. The number of alkyl carbamates (subject to hydrolysis) is 1. The smallest absolute Gasteiger partial charge is 0.407 e. The van der Waals surface area contributed by atoms with Gasteiger partial charge in [0.1, 0.15) is 0 Å². The van der Waals surface area contributed by atoms with Crippen LogP contribution in [0.15, 0.2) is 48.5 Å². The first-order valence-corrected chi connectivity index (χ1v) is 8.85. The zero-order valence-corrected chi connectivity index (χ0v) is 14.6. The molecule has 0 spiro atoms. The summed E-state index contributed by atoms with van der Waals surface area (Å²) in [6.07, 6.45) is 3.68. The Hall–Kier alpha value is -2.33. The first kappa shape index (κ1) is 17.5. The van der Waals surface area contributed by atoms with Crippen molar-refractivity contribution in [3.8, 4) is 0 Å². The first-order valence-electron chi connectivity index (χ1n) is 8.85. The van der Waals surface area contributed by atoms with Crippen molar-refractivity contribution in [2.45, 2.75) is 37.6 Å². The molecule has 0 unspecified atom stereocenters. The third kappa shape index (κ3) is 3.40. The van der Waals surface area contributed by atoms with Crippen LogP contribution in [0.25, 0.3) is 0 Å². The molecule has 4 nitrogen and oxygen atoms in total. The summed E-state index contributed by atoms with van der Waals surface area (Å²) in [7, 11) is 1.39. The van der Waals surface area contributed by atoms with Gasteiger partial charge in [-0.2, -0.15) is 0 Å². The van der Waals surface area contributed by atoms with Crippen molar-refractivity contribution < 1.29 is 14.6 Å². The molecule has 1 aliphatic carbocycles. The van der Waals surface area contributed by atoms with Crippen LogP contribution in [0.1, 0.15) is 41.5 Å². The number of aliphatic hydroxyl groups is 1. The number of unbranched alkanes of at least 4 members (excludes halogenated alkanes) is 1. The van der Waals surface area contributed by atoms with E-state index in [2.05, 4.69) is 29.6 Å². The Morgan fingerprint density at radius 2 is 1.60 bits per heavy atom. The molecule has 4 heteroatoms. The van der Waals surface area contributed by atoms with Gasteiger partial charge in [0, 0.05) is 6.61 Å². The Morgan fingerprint density at radius 3 is 2.12 bits per heavy atom. The summed E-state index contributed by atoms with van der Waals surface area (Å²) in [6.45, 7) is 0.150. The van der Waals surface area contributed by atoms with Crippen molar-refractivity contribution in [1.29, 1.82) is 0 Å². The molecule has 3 rings (SSSR count). The quantitative estimate of drug-likeness (QED) is 0.819. The second kappa shape index (κ2) is 7.70. The minimum absolute atomic E-state index is 0.150. The third-order valence-corrected chi connectivity index (χ3v) is 5.08. The number of ether oxygens (including phenoxy) is 1. The zero-order valence-electron chi connectivity index (χ0n) is 14.6. The molecule has 2 aromatic rings. The van der Waals surface area contributed by atoms with Crippen molar-refractivity contribution in [2.75, 3.05) is 13.7 Å². The average molecular weight is 339 g/mol. The van der Waals surface area contributed by atoms with E-state index in [0.29, 0.717) is 6.42 Å². The number of hydrogen-bond acceptors (Lipinski definition) is 3. The van der Waals surface area contributed by atoms with E-state index in [9.17, 15) is 9.90 Å².